The quantitative estimate of drug-likeness (QED) is 0.782. The molecule has 0 spiro atoms. The largest absolute Gasteiger partial charge is 0.495 e. The first-order valence-electron chi connectivity index (χ1n) is 6.67. The second kappa shape index (κ2) is 9.01. The van der Waals surface area contributed by atoms with Gasteiger partial charge in [0.2, 0.25) is 5.91 Å². The van der Waals surface area contributed by atoms with Crippen LogP contribution in [0.25, 0.3) is 0 Å². The highest BCUT2D eigenvalue weighted by atomic mass is 16.5. The molecule has 1 amide bonds. The molecule has 0 saturated carbocycles. The first kappa shape index (κ1) is 17.0. The van der Waals surface area contributed by atoms with E-state index >= 15 is 0 Å². The van der Waals surface area contributed by atoms with E-state index in [1.807, 2.05) is 6.92 Å². The molecule has 0 aromatic heterocycles. The van der Waals surface area contributed by atoms with Crippen LogP contribution in [0.3, 0.4) is 0 Å². The molecule has 1 aromatic carbocycles. The van der Waals surface area contributed by atoms with Crippen LogP contribution in [0.2, 0.25) is 0 Å². The van der Waals surface area contributed by atoms with Crippen molar-refractivity contribution in [1.82, 2.24) is 0 Å². The third kappa shape index (κ3) is 5.86. The van der Waals surface area contributed by atoms with Crippen LogP contribution in [0, 0.1) is 17.8 Å². The lowest BCUT2D eigenvalue weighted by atomic mass is 10.1. The van der Waals surface area contributed by atoms with E-state index in [9.17, 15) is 4.79 Å². The van der Waals surface area contributed by atoms with E-state index in [-0.39, 0.29) is 18.4 Å². The molecule has 0 saturated heterocycles. The minimum Gasteiger partial charge on any atom is -0.495 e. The zero-order chi connectivity index (χ0) is 15.7. The van der Waals surface area contributed by atoms with Crippen molar-refractivity contribution in [2.24, 2.45) is 5.92 Å². The van der Waals surface area contributed by atoms with Gasteiger partial charge in [-0.05, 0) is 24.1 Å². The Hall–Kier alpha value is -2.03. The van der Waals surface area contributed by atoms with E-state index in [1.54, 1.807) is 25.3 Å². The summed E-state index contributed by atoms with van der Waals surface area (Å²) in [6.07, 6.45) is 0.365. The lowest BCUT2D eigenvalue weighted by Gasteiger charge is -2.13. The number of anilines is 1. The zero-order valence-corrected chi connectivity index (χ0v) is 12.6. The second-order valence-electron chi connectivity index (χ2n) is 4.69. The number of aliphatic hydroxyl groups excluding tert-OH is 1. The molecule has 2 N–H and O–H groups in total. The van der Waals surface area contributed by atoms with Gasteiger partial charge >= 0.3 is 0 Å². The van der Waals surface area contributed by atoms with E-state index < -0.39 is 0 Å². The number of rotatable bonds is 6. The van der Waals surface area contributed by atoms with Crippen LogP contribution < -0.4 is 10.1 Å². The molecule has 1 atom stereocenters. The fourth-order valence-electron chi connectivity index (χ4n) is 1.89. The number of carbonyl (C=O) groups excluding carboxylic acids is 1. The summed E-state index contributed by atoms with van der Waals surface area (Å²) in [4.78, 5) is 12.0. The molecule has 0 aliphatic rings. The maximum absolute atomic E-state index is 12.0. The highest BCUT2D eigenvalue weighted by Gasteiger charge is 2.12. The fraction of sp³-hybridized carbons (Fsp3) is 0.438. The lowest BCUT2D eigenvalue weighted by molar-refractivity contribution is -0.117. The van der Waals surface area contributed by atoms with Crippen molar-refractivity contribution in [3.8, 4) is 17.6 Å². The molecule has 0 fully saturated rings. The van der Waals surface area contributed by atoms with Crippen molar-refractivity contribution in [2.45, 2.75) is 13.3 Å². The van der Waals surface area contributed by atoms with Crippen LogP contribution in [-0.4, -0.2) is 38.4 Å². The van der Waals surface area contributed by atoms with Crippen molar-refractivity contribution in [3.05, 3.63) is 23.8 Å². The summed E-state index contributed by atoms with van der Waals surface area (Å²) in [5.74, 6) is 5.96. The molecule has 1 aromatic rings. The van der Waals surface area contributed by atoms with Gasteiger partial charge in [0.1, 0.15) is 12.4 Å². The van der Waals surface area contributed by atoms with Crippen LogP contribution in [-0.2, 0) is 9.53 Å². The predicted octanol–water partition coefficient (Wildman–Crippen LogP) is 1.65. The third-order valence-corrected chi connectivity index (χ3v) is 2.77. The molecule has 21 heavy (non-hydrogen) atoms. The molecule has 0 aliphatic carbocycles. The normalized spacial score (nSPS) is 11.2. The topological polar surface area (TPSA) is 67.8 Å². The highest BCUT2D eigenvalue weighted by Crippen LogP contribution is 2.25. The minimum absolute atomic E-state index is 0.106. The van der Waals surface area contributed by atoms with Crippen molar-refractivity contribution in [3.63, 3.8) is 0 Å². The standard InChI is InChI=1S/C16H21NO4/c1-12(11-20-2)9-16(19)17-14-10-13(5-4-8-18)6-7-15(14)21-3/h6-7,10,12,18H,8-9,11H2,1-3H3,(H,17,19). The number of aliphatic hydroxyl groups is 1. The van der Waals surface area contributed by atoms with Crippen LogP contribution in [0.15, 0.2) is 18.2 Å². The van der Waals surface area contributed by atoms with Gasteiger partial charge in [-0.25, -0.2) is 0 Å². The Labute approximate surface area is 125 Å². The van der Waals surface area contributed by atoms with Crippen molar-refractivity contribution < 1.29 is 19.4 Å². The molecule has 0 heterocycles. The summed E-state index contributed by atoms with van der Waals surface area (Å²) in [6.45, 7) is 2.28. The molecule has 1 rings (SSSR count). The maximum atomic E-state index is 12.0. The molecule has 0 radical (unpaired) electrons. The Morgan fingerprint density at radius 1 is 1.43 bits per heavy atom. The minimum atomic E-state index is -0.206. The van der Waals surface area contributed by atoms with Crippen molar-refractivity contribution in [2.75, 3.05) is 32.8 Å². The van der Waals surface area contributed by atoms with E-state index in [4.69, 9.17) is 14.6 Å². The molecule has 5 nitrogen and oxygen atoms in total. The Morgan fingerprint density at radius 3 is 2.81 bits per heavy atom. The van der Waals surface area contributed by atoms with Crippen molar-refractivity contribution >= 4 is 11.6 Å². The van der Waals surface area contributed by atoms with Gasteiger partial charge in [0, 0.05) is 25.7 Å². The molecule has 114 valence electrons. The van der Waals surface area contributed by atoms with Crippen LogP contribution in [0.4, 0.5) is 5.69 Å². The number of hydrogen-bond donors (Lipinski definition) is 2. The van der Waals surface area contributed by atoms with E-state index in [0.717, 1.165) is 0 Å². The summed E-state index contributed by atoms with van der Waals surface area (Å²) in [5.41, 5.74) is 1.27. The van der Waals surface area contributed by atoms with Gasteiger partial charge in [-0.15, -0.1) is 0 Å². The maximum Gasteiger partial charge on any atom is 0.224 e. The van der Waals surface area contributed by atoms with Gasteiger partial charge in [0.25, 0.3) is 0 Å². The first-order chi connectivity index (χ1) is 10.1. The summed E-state index contributed by atoms with van der Waals surface area (Å²) in [6, 6.07) is 5.22. The summed E-state index contributed by atoms with van der Waals surface area (Å²) < 4.78 is 10.2. The van der Waals surface area contributed by atoms with E-state index in [1.165, 1.54) is 7.11 Å². The lowest BCUT2D eigenvalue weighted by Crippen LogP contribution is -2.18. The summed E-state index contributed by atoms with van der Waals surface area (Å²) in [7, 11) is 3.15. The number of ether oxygens (including phenoxy) is 2. The van der Waals surface area contributed by atoms with Crippen LogP contribution in [0.1, 0.15) is 18.9 Å². The molecule has 5 heteroatoms. The third-order valence-electron chi connectivity index (χ3n) is 2.77. The number of nitrogens with one attached hydrogen (secondary N) is 1. The first-order valence-corrected chi connectivity index (χ1v) is 6.67. The number of amides is 1. The van der Waals surface area contributed by atoms with Gasteiger partial charge < -0.3 is 19.9 Å². The Morgan fingerprint density at radius 2 is 2.19 bits per heavy atom. The van der Waals surface area contributed by atoms with Gasteiger partial charge in [-0.3, -0.25) is 4.79 Å². The summed E-state index contributed by atoms with van der Waals surface area (Å²) >= 11 is 0. The predicted molar refractivity (Wildman–Crippen MR) is 81.2 cm³/mol. The molecular weight excluding hydrogens is 270 g/mol. The van der Waals surface area contributed by atoms with Gasteiger partial charge in [-0.2, -0.15) is 0 Å². The van der Waals surface area contributed by atoms with Crippen molar-refractivity contribution in [1.29, 1.82) is 0 Å². The zero-order valence-electron chi connectivity index (χ0n) is 12.6. The molecule has 0 bridgehead atoms. The fourth-order valence-corrected chi connectivity index (χ4v) is 1.89. The van der Waals surface area contributed by atoms with E-state index in [0.29, 0.717) is 30.0 Å². The molecular formula is C16H21NO4. The number of benzene rings is 1. The average Bonchev–Trinajstić information content (AvgIpc) is 2.45. The van der Waals surface area contributed by atoms with Gasteiger partial charge in [0.15, 0.2) is 0 Å². The Kier molecular flexibility index (Phi) is 7.30. The monoisotopic (exact) mass is 291 g/mol. The number of hydrogen-bond acceptors (Lipinski definition) is 4. The Bertz CT molecular complexity index is 531. The Balaban J connectivity index is 2.82. The number of methoxy groups -OCH3 is 2. The molecule has 0 aliphatic heterocycles. The highest BCUT2D eigenvalue weighted by molar-refractivity contribution is 5.92. The van der Waals surface area contributed by atoms with E-state index in [2.05, 4.69) is 17.2 Å². The average molecular weight is 291 g/mol. The van der Waals surface area contributed by atoms with Crippen LogP contribution >= 0.6 is 0 Å². The van der Waals surface area contributed by atoms with Gasteiger partial charge in [-0.1, -0.05) is 18.8 Å². The SMILES string of the molecule is COCC(C)CC(=O)Nc1cc(C#CCO)ccc1OC. The number of carbonyl (C=O) groups is 1. The van der Waals surface area contributed by atoms with Gasteiger partial charge in [0.05, 0.1) is 12.8 Å². The smallest absolute Gasteiger partial charge is 0.224 e. The molecule has 1 unspecified atom stereocenters. The second-order valence-corrected chi connectivity index (χ2v) is 4.69. The van der Waals surface area contributed by atoms with Crippen LogP contribution in [0.5, 0.6) is 5.75 Å². The summed E-state index contributed by atoms with van der Waals surface area (Å²) in [5, 5.41) is 11.5.